The van der Waals surface area contributed by atoms with Gasteiger partial charge in [-0.2, -0.15) is 0 Å². The number of aromatic nitrogens is 2. The molecule has 2 aromatic heterocycles. The summed E-state index contributed by atoms with van der Waals surface area (Å²) in [6.07, 6.45) is 6.38. The van der Waals surface area contributed by atoms with E-state index in [0.717, 1.165) is 25.9 Å². The molecular weight excluding hydrogens is 285 g/mol. The third kappa shape index (κ3) is 3.44. The molecule has 3 heterocycles. The highest BCUT2D eigenvalue weighted by Crippen LogP contribution is 2.23. The van der Waals surface area contributed by atoms with Crippen molar-refractivity contribution in [2.45, 2.75) is 38.2 Å². The lowest BCUT2D eigenvalue weighted by Gasteiger charge is -2.33. The van der Waals surface area contributed by atoms with Gasteiger partial charge in [0.2, 0.25) is 5.91 Å². The SMILES string of the molecule is CC1(CNC(=O)Cc2cn3cc(F)ccc3n2)CCCCO1. The second-order valence-corrected chi connectivity index (χ2v) is 6.05. The minimum atomic E-state index is -0.330. The van der Waals surface area contributed by atoms with Gasteiger partial charge in [0.05, 0.1) is 17.7 Å². The van der Waals surface area contributed by atoms with Crippen LogP contribution >= 0.6 is 0 Å². The molecule has 22 heavy (non-hydrogen) atoms. The van der Waals surface area contributed by atoms with E-state index >= 15 is 0 Å². The minimum absolute atomic E-state index is 0.0979. The highest BCUT2D eigenvalue weighted by Gasteiger charge is 2.28. The maximum absolute atomic E-state index is 13.1. The number of halogens is 1. The number of carbonyl (C=O) groups is 1. The Morgan fingerprint density at radius 3 is 3.09 bits per heavy atom. The number of amides is 1. The van der Waals surface area contributed by atoms with Crippen LogP contribution in [-0.4, -0.2) is 34.0 Å². The average Bonchev–Trinajstić information content (AvgIpc) is 2.87. The molecule has 0 radical (unpaired) electrons. The van der Waals surface area contributed by atoms with Crippen LogP contribution in [-0.2, 0) is 16.0 Å². The van der Waals surface area contributed by atoms with Gasteiger partial charge in [-0.15, -0.1) is 0 Å². The van der Waals surface area contributed by atoms with Crippen LogP contribution in [0.1, 0.15) is 31.9 Å². The Hall–Kier alpha value is -1.95. The van der Waals surface area contributed by atoms with Gasteiger partial charge in [0.25, 0.3) is 0 Å². The van der Waals surface area contributed by atoms with Gasteiger partial charge >= 0.3 is 0 Å². The smallest absolute Gasteiger partial charge is 0.226 e. The number of hydrogen-bond acceptors (Lipinski definition) is 3. The predicted octanol–water partition coefficient (Wildman–Crippen LogP) is 2.09. The van der Waals surface area contributed by atoms with E-state index in [2.05, 4.69) is 10.3 Å². The molecule has 1 aliphatic heterocycles. The molecule has 6 heteroatoms. The number of nitrogens with one attached hydrogen (secondary N) is 1. The Kier molecular flexibility index (Phi) is 4.11. The first kappa shape index (κ1) is 15.0. The zero-order chi connectivity index (χ0) is 15.6. The van der Waals surface area contributed by atoms with Crippen molar-refractivity contribution in [1.29, 1.82) is 0 Å². The number of rotatable bonds is 4. The molecule has 1 saturated heterocycles. The molecule has 5 nitrogen and oxygen atoms in total. The van der Waals surface area contributed by atoms with Gasteiger partial charge in [0.15, 0.2) is 0 Å². The highest BCUT2D eigenvalue weighted by atomic mass is 19.1. The number of ether oxygens (including phenoxy) is 1. The van der Waals surface area contributed by atoms with E-state index in [1.807, 2.05) is 6.92 Å². The van der Waals surface area contributed by atoms with Gasteiger partial charge in [-0.05, 0) is 38.3 Å². The monoisotopic (exact) mass is 305 g/mol. The lowest BCUT2D eigenvalue weighted by molar-refractivity contribution is -0.123. The number of fused-ring (bicyclic) bond motifs is 1. The summed E-state index contributed by atoms with van der Waals surface area (Å²) >= 11 is 0. The van der Waals surface area contributed by atoms with E-state index in [9.17, 15) is 9.18 Å². The summed E-state index contributed by atoms with van der Waals surface area (Å²) in [5.41, 5.74) is 0.986. The van der Waals surface area contributed by atoms with Crippen LogP contribution in [0, 0.1) is 5.82 Å². The van der Waals surface area contributed by atoms with Crippen molar-refractivity contribution >= 4 is 11.6 Å². The number of pyridine rings is 1. The summed E-state index contributed by atoms with van der Waals surface area (Å²) in [5.74, 6) is -0.428. The van der Waals surface area contributed by atoms with Crippen LogP contribution in [0.2, 0.25) is 0 Å². The molecule has 1 N–H and O–H groups in total. The number of imidazole rings is 1. The van der Waals surface area contributed by atoms with Gasteiger partial charge in [0.1, 0.15) is 11.5 Å². The van der Waals surface area contributed by atoms with E-state index in [4.69, 9.17) is 4.74 Å². The molecule has 0 aliphatic carbocycles. The lowest BCUT2D eigenvalue weighted by Crippen LogP contribution is -2.45. The summed E-state index contributed by atoms with van der Waals surface area (Å²) in [5, 5.41) is 2.91. The third-order valence-electron chi connectivity index (χ3n) is 4.02. The van der Waals surface area contributed by atoms with E-state index in [0.29, 0.717) is 17.9 Å². The van der Waals surface area contributed by atoms with Crippen LogP contribution in [0.4, 0.5) is 4.39 Å². The quantitative estimate of drug-likeness (QED) is 0.941. The first-order valence-corrected chi connectivity index (χ1v) is 7.58. The Morgan fingerprint density at radius 1 is 1.45 bits per heavy atom. The molecule has 118 valence electrons. The van der Waals surface area contributed by atoms with Crippen molar-refractivity contribution < 1.29 is 13.9 Å². The maximum atomic E-state index is 13.1. The maximum Gasteiger partial charge on any atom is 0.226 e. The molecule has 1 amide bonds. The lowest BCUT2D eigenvalue weighted by atomic mass is 9.96. The van der Waals surface area contributed by atoms with Crippen molar-refractivity contribution in [3.63, 3.8) is 0 Å². The topological polar surface area (TPSA) is 55.6 Å². The normalized spacial score (nSPS) is 21.9. The average molecular weight is 305 g/mol. The summed E-state index contributed by atoms with van der Waals surface area (Å²) < 4.78 is 20.5. The van der Waals surface area contributed by atoms with Gasteiger partial charge in [-0.1, -0.05) is 0 Å². The van der Waals surface area contributed by atoms with E-state index in [1.54, 1.807) is 16.7 Å². The molecular formula is C16H20FN3O2. The summed E-state index contributed by atoms with van der Waals surface area (Å²) in [6, 6.07) is 2.95. The van der Waals surface area contributed by atoms with Gasteiger partial charge in [-0.3, -0.25) is 4.79 Å². The van der Waals surface area contributed by atoms with Gasteiger partial charge in [-0.25, -0.2) is 9.37 Å². The van der Waals surface area contributed by atoms with Crippen molar-refractivity contribution in [2.24, 2.45) is 0 Å². The molecule has 0 aromatic carbocycles. The fourth-order valence-corrected chi connectivity index (χ4v) is 2.75. The number of nitrogens with zero attached hydrogens (tertiary/aromatic N) is 2. The van der Waals surface area contributed by atoms with Gasteiger partial charge < -0.3 is 14.5 Å². The second kappa shape index (κ2) is 6.04. The summed E-state index contributed by atoms with van der Waals surface area (Å²) in [7, 11) is 0. The highest BCUT2D eigenvalue weighted by molar-refractivity contribution is 5.78. The fourth-order valence-electron chi connectivity index (χ4n) is 2.75. The Bertz CT molecular complexity index is 677. The van der Waals surface area contributed by atoms with Crippen molar-refractivity contribution in [3.8, 4) is 0 Å². The Labute approximate surface area is 128 Å². The molecule has 1 unspecified atom stereocenters. The second-order valence-electron chi connectivity index (χ2n) is 6.05. The number of hydrogen-bond donors (Lipinski definition) is 1. The fraction of sp³-hybridized carbons (Fsp3) is 0.500. The van der Waals surface area contributed by atoms with Crippen LogP contribution in [0.25, 0.3) is 5.65 Å². The third-order valence-corrected chi connectivity index (χ3v) is 4.02. The first-order valence-electron chi connectivity index (χ1n) is 7.58. The largest absolute Gasteiger partial charge is 0.373 e. The van der Waals surface area contributed by atoms with Crippen LogP contribution < -0.4 is 5.32 Å². The first-order chi connectivity index (χ1) is 10.5. The van der Waals surface area contributed by atoms with Crippen molar-refractivity contribution in [2.75, 3.05) is 13.2 Å². The van der Waals surface area contributed by atoms with Gasteiger partial charge in [0, 0.05) is 25.5 Å². The standard InChI is InChI=1S/C16H20FN3O2/c1-16(6-2-3-7-22-16)11-18-15(21)8-13-10-20-9-12(17)4-5-14(20)19-13/h4-5,9-10H,2-3,6-8,11H2,1H3,(H,18,21). The predicted molar refractivity (Wildman–Crippen MR) is 80.1 cm³/mol. The Morgan fingerprint density at radius 2 is 2.32 bits per heavy atom. The summed E-state index contributed by atoms with van der Waals surface area (Å²) in [4.78, 5) is 16.4. The van der Waals surface area contributed by atoms with Crippen molar-refractivity contribution in [1.82, 2.24) is 14.7 Å². The molecule has 1 atom stereocenters. The molecule has 0 spiro atoms. The summed E-state index contributed by atoms with van der Waals surface area (Å²) in [6.45, 7) is 3.29. The molecule has 0 saturated carbocycles. The van der Waals surface area contributed by atoms with Crippen LogP contribution in [0.15, 0.2) is 24.5 Å². The zero-order valence-electron chi connectivity index (χ0n) is 12.6. The molecule has 0 bridgehead atoms. The molecule has 1 fully saturated rings. The zero-order valence-corrected chi connectivity index (χ0v) is 12.6. The van der Waals surface area contributed by atoms with E-state index in [-0.39, 0.29) is 23.7 Å². The van der Waals surface area contributed by atoms with Crippen LogP contribution in [0.5, 0.6) is 0 Å². The van der Waals surface area contributed by atoms with Crippen LogP contribution in [0.3, 0.4) is 0 Å². The molecule has 3 rings (SSSR count). The van der Waals surface area contributed by atoms with E-state index < -0.39 is 0 Å². The number of carbonyl (C=O) groups excluding carboxylic acids is 1. The Balaban J connectivity index is 1.58. The molecule has 1 aliphatic rings. The molecule has 2 aromatic rings. The van der Waals surface area contributed by atoms with Crippen molar-refractivity contribution in [3.05, 3.63) is 36.0 Å². The minimum Gasteiger partial charge on any atom is -0.373 e. The van der Waals surface area contributed by atoms with E-state index in [1.165, 1.54) is 12.3 Å².